The van der Waals surface area contributed by atoms with Crippen molar-refractivity contribution in [2.75, 3.05) is 26.2 Å². The van der Waals surface area contributed by atoms with Crippen molar-refractivity contribution in [2.24, 2.45) is 5.92 Å². The van der Waals surface area contributed by atoms with E-state index >= 15 is 0 Å². The summed E-state index contributed by atoms with van der Waals surface area (Å²) in [6.45, 7) is 3.57. The van der Waals surface area contributed by atoms with E-state index in [0.29, 0.717) is 25.6 Å². The first kappa shape index (κ1) is 17.4. The molecular weight excluding hydrogens is 314 g/mol. The quantitative estimate of drug-likeness (QED) is 0.842. The van der Waals surface area contributed by atoms with Gasteiger partial charge in [0.1, 0.15) is 5.75 Å². The number of hydrogen-bond donors (Lipinski definition) is 1. The van der Waals surface area contributed by atoms with Gasteiger partial charge in [0.05, 0.1) is 13.2 Å². The fourth-order valence-corrected chi connectivity index (χ4v) is 3.12. The van der Waals surface area contributed by atoms with E-state index < -0.39 is 0 Å². The van der Waals surface area contributed by atoms with Gasteiger partial charge in [-0.3, -0.25) is 14.7 Å². The molecule has 0 saturated carbocycles. The number of likely N-dealkylation sites (tertiary alicyclic amines) is 1. The average molecular weight is 339 g/mol. The van der Waals surface area contributed by atoms with Gasteiger partial charge in [0.15, 0.2) is 0 Å². The van der Waals surface area contributed by atoms with Gasteiger partial charge < -0.3 is 10.1 Å². The number of benzene rings is 1. The number of aromatic nitrogens is 1. The van der Waals surface area contributed by atoms with Crippen molar-refractivity contribution < 1.29 is 9.53 Å². The molecule has 0 radical (unpaired) electrons. The smallest absolute Gasteiger partial charge is 0.234 e. The van der Waals surface area contributed by atoms with Crippen LogP contribution in [-0.4, -0.2) is 42.0 Å². The number of ether oxygens (including phenoxy) is 1. The number of rotatable bonds is 7. The summed E-state index contributed by atoms with van der Waals surface area (Å²) in [4.78, 5) is 18.4. The van der Waals surface area contributed by atoms with E-state index in [1.165, 1.54) is 0 Å². The van der Waals surface area contributed by atoms with E-state index in [0.717, 1.165) is 37.2 Å². The summed E-state index contributed by atoms with van der Waals surface area (Å²) in [7, 11) is 0. The minimum Gasteiger partial charge on any atom is -0.493 e. The molecule has 0 unspecified atom stereocenters. The van der Waals surface area contributed by atoms with Crippen LogP contribution < -0.4 is 10.1 Å². The van der Waals surface area contributed by atoms with Crippen LogP contribution in [0.4, 0.5) is 0 Å². The first-order chi connectivity index (χ1) is 12.3. The van der Waals surface area contributed by atoms with E-state index in [2.05, 4.69) is 15.2 Å². The first-order valence-electron chi connectivity index (χ1n) is 8.85. The highest BCUT2D eigenvalue weighted by molar-refractivity contribution is 5.78. The van der Waals surface area contributed by atoms with Gasteiger partial charge in [-0.15, -0.1) is 0 Å². The molecule has 5 nitrogen and oxygen atoms in total. The highest BCUT2D eigenvalue weighted by Gasteiger charge is 2.22. The van der Waals surface area contributed by atoms with Crippen LogP contribution in [0.5, 0.6) is 5.75 Å². The van der Waals surface area contributed by atoms with Crippen molar-refractivity contribution in [1.29, 1.82) is 0 Å². The number of carbonyl (C=O) groups excluding carboxylic acids is 1. The van der Waals surface area contributed by atoms with Crippen LogP contribution in [-0.2, 0) is 11.3 Å². The molecule has 2 heterocycles. The van der Waals surface area contributed by atoms with E-state index in [9.17, 15) is 4.79 Å². The number of amides is 1. The maximum Gasteiger partial charge on any atom is 0.234 e. The largest absolute Gasteiger partial charge is 0.493 e. The van der Waals surface area contributed by atoms with Gasteiger partial charge in [0.2, 0.25) is 5.91 Å². The Morgan fingerprint density at radius 2 is 2.12 bits per heavy atom. The molecule has 3 rings (SSSR count). The third kappa shape index (κ3) is 5.87. The highest BCUT2D eigenvalue weighted by atomic mass is 16.5. The lowest BCUT2D eigenvalue weighted by molar-refractivity contribution is -0.122. The molecule has 0 spiro atoms. The summed E-state index contributed by atoms with van der Waals surface area (Å²) in [6, 6.07) is 13.7. The molecule has 1 aliphatic heterocycles. The SMILES string of the molecule is O=C(CN1CCC[C@@H](COc2ccccc2)C1)NCc1cccnc1. The number of para-hydroxylation sites is 1. The van der Waals surface area contributed by atoms with Crippen LogP contribution in [0.15, 0.2) is 54.9 Å². The highest BCUT2D eigenvalue weighted by Crippen LogP contribution is 2.18. The van der Waals surface area contributed by atoms with Gasteiger partial charge in [-0.25, -0.2) is 0 Å². The lowest BCUT2D eigenvalue weighted by Gasteiger charge is -2.32. The molecule has 0 aliphatic carbocycles. The van der Waals surface area contributed by atoms with E-state index in [1.807, 2.05) is 42.5 Å². The second kappa shape index (κ2) is 9.18. The summed E-state index contributed by atoms with van der Waals surface area (Å²) in [5, 5.41) is 2.97. The Morgan fingerprint density at radius 1 is 1.24 bits per heavy atom. The van der Waals surface area contributed by atoms with E-state index in [4.69, 9.17) is 4.74 Å². The second-order valence-corrected chi connectivity index (χ2v) is 6.51. The Hall–Kier alpha value is -2.40. The molecule has 2 aromatic rings. The summed E-state index contributed by atoms with van der Waals surface area (Å²) in [5.74, 6) is 1.45. The van der Waals surface area contributed by atoms with Gasteiger partial charge in [0, 0.05) is 31.4 Å². The number of piperidine rings is 1. The third-order valence-electron chi connectivity index (χ3n) is 4.41. The van der Waals surface area contributed by atoms with Gasteiger partial charge in [0.25, 0.3) is 0 Å². The van der Waals surface area contributed by atoms with Crippen LogP contribution in [0.1, 0.15) is 18.4 Å². The minimum atomic E-state index is 0.0634. The number of nitrogens with one attached hydrogen (secondary N) is 1. The number of carbonyl (C=O) groups is 1. The van der Waals surface area contributed by atoms with Crippen molar-refractivity contribution in [3.63, 3.8) is 0 Å². The molecule has 1 aromatic carbocycles. The molecule has 5 heteroatoms. The number of hydrogen-bond acceptors (Lipinski definition) is 4. The molecule has 1 aliphatic rings. The monoisotopic (exact) mass is 339 g/mol. The lowest BCUT2D eigenvalue weighted by atomic mass is 9.99. The average Bonchev–Trinajstić information content (AvgIpc) is 2.67. The van der Waals surface area contributed by atoms with Crippen molar-refractivity contribution in [1.82, 2.24) is 15.2 Å². The maximum atomic E-state index is 12.2. The normalized spacial score (nSPS) is 17.8. The molecule has 1 fully saturated rings. The molecule has 1 amide bonds. The van der Waals surface area contributed by atoms with Crippen LogP contribution in [0.3, 0.4) is 0 Å². The summed E-state index contributed by atoms with van der Waals surface area (Å²) < 4.78 is 5.87. The standard InChI is InChI=1S/C20H25N3O2/c24-20(22-13-17-6-4-10-21-12-17)15-23-11-5-7-18(14-23)16-25-19-8-2-1-3-9-19/h1-4,6,8-10,12,18H,5,7,11,13-16H2,(H,22,24)/t18-/m1/s1. The lowest BCUT2D eigenvalue weighted by Crippen LogP contribution is -2.43. The Morgan fingerprint density at radius 3 is 2.92 bits per heavy atom. The fraction of sp³-hybridized carbons (Fsp3) is 0.400. The Labute approximate surface area is 149 Å². The van der Waals surface area contributed by atoms with Crippen LogP contribution in [0.2, 0.25) is 0 Å². The van der Waals surface area contributed by atoms with Crippen LogP contribution in [0.25, 0.3) is 0 Å². The topological polar surface area (TPSA) is 54.5 Å². The van der Waals surface area contributed by atoms with E-state index in [-0.39, 0.29) is 5.91 Å². The Bertz CT molecular complexity index is 649. The molecular formula is C20H25N3O2. The maximum absolute atomic E-state index is 12.2. The zero-order valence-electron chi connectivity index (χ0n) is 14.4. The Kier molecular flexibility index (Phi) is 6.40. The third-order valence-corrected chi connectivity index (χ3v) is 4.41. The molecule has 1 atom stereocenters. The molecule has 1 saturated heterocycles. The number of pyridine rings is 1. The van der Waals surface area contributed by atoms with Crippen molar-refractivity contribution in [3.8, 4) is 5.75 Å². The Balaban J connectivity index is 1.39. The predicted octanol–water partition coefficient (Wildman–Crippen LogP) is 2.49. The van der Waals surface area contributed by atoms with Gasteiger partial charge >= 0.3 is 0 Å². The minimum absolute atomic E-state index is 0.0634. The zero-order chi connectivity index (χ0) is 17.3. The first-order valence-corrected chi connectivity index (χ1v) is 8.85. The number of nitrogens with zero attached hydrogens (tertiary/aromatic N) is 2. The molecule has 25 heavy (non-hydrogen) atoms. The summed E-state index contributed by atoms with van der Waals surface area (Å²) in [5.41, 5.74) is 1.02. The van der Waals surface area contributed by atoms with Crippen molar-refractivity contribution >= 4 is 5.91 Å². The summed E-state index contributed by atoms with van der Waals surface area (Å²) >= 11 is 0. The molecule has 132 valence electrons. The second-order valence-electron chi connectivity index (χ2n) is 6.51. The molecule has 1 N–H and O–H groups in total. The van der Waals surface area contributed by atoms with E-state index in [1.54, 1.807) is 12.4 Å². The van der Waals surface area contributed by atoms with Crippen LogP contribution >= 0.6 is 0 Å². The fourth-order valence-electron chi connectivity index (χ4n) is 3.12. The van der Waals surface area contributed by atoms with Crippen LogP contribution in [0, 0.1) is 5.92 Å². The molecule has 0 bridgehead atoms. The predicted molar refractivity (Wildman–Crippen MR) is 97.2 cm³/mol. The zero-order valence-corrected chi connectivity index (χ0v) is 14.4. The molecule has 1 aromatic heterocycles. The van der Waals surface area contributed by atoms with Crippen molar-refractivity contribution in [3.05, 3.63) is 60.4 Å². The van der Waals surface area contributed by atoms with Crippen molar-refractivity contribution in [2.45, 2.75) is 19.4 Å². The van der Waals surface area contributed by atoms with Gasteiger partial charge in [-0.2, -0.15) is 0 Å². The van der Waals surface area contributed by atoms with Gasteiger partial charge in [-0.1, -0.05) is 24.3 Å². The summed E-state index contributed by atoms with van der Waals surface area (Å²) in [6.07, 6.45) is 5.77. The van der Waals surface area contributed by atoms with Gasteiger partial charge in [-0.05, 0) is 43.1 Å².